The van der Waals surface area contributed by atoms with Crippen LogP contribution in [0.5, 0.6) is 0 Å². The molecule has 1 aromatic carbocycles. The van der Waals surface area contributed by atoms with Crippen LogP contribution in [0.2, 0.25) is 0 Å². The molecule has 0 N–H and O–H groups in total. The van der Waals surface area contributed by atoms with Crippen LogP contribution in [0.4, 0.5) is 0 Å². The average molecular weight is 348 g/mol. The van der Waals surface area contributed by atoms with Crippen LogP contribution in [0.25, 0.3) is 10.9 Å². The summed E-state index contributed by atoms with van der Waals surface area (Å²) in [6, 6.07) is 7.80. The molecule has 4 rings (SSSR count). The summed E-state index contributed by atoms with van der Waals surface area (Å²) in [6.07, 6.45) is 1.91. The molecular weight excluding hydrogens is 328 g/mol. The van der Waals surface area contributed by atoms with Gasteiger partial charge in [0.05, 0.1) is 15.8 Å². The second-order valence-corrected chi connectivity index (χ2v) is 8.47. The molecule has 1 aliphatic heterocycles. The Morgan fingerprint density at radius 3 is 2.84 bits per heavy atom. The van der Waals surface area contributed by atoms with Crippen LogP contribution in [-0.2, 0) is 13.0 Å². The minimum absolute atomic E-state index is 0.0705. The largest absolute Gasteiger partial charge is 0.296 e. The molecule has 2 aromatic heterocycles. The van der Waals surface area contributed by atoms with E-state index in [0.29, 0.717) is 5.39 Å². The highest BCUT2D eigenvalue weighted by molar-refractivity contribution is 7.10. The summed E-state index contributed by atoms with van der Waals surface area (Å²) in [6.45, 7) is 7.22. The highest BCUT2D eigenvalue weighted by atomic mass is 32.1. The second kappa shape index (κ2) is 5.86. The molecule has 126 valence electrons. The monoisotopic (exact) mass is 348 g/mol. The van der Waals surface area contributed by atoms with Gasteiger partial charge in [-0.1, -0.05) is 25.7 Å². The van der Waals surface area contributed by atoms with Crippen LogP contribution in [-0.4, -0.2) is 9.55 Å². The first-order chi connectivity index (χ1) is 11.9. The van der Waals surface area contributed by atoms with E-state index in [1.54, 1.807) is 11.3 Å². The molecule has 4 heteroatoms. The third-order valence-electron chi connectivity index (χ3n) is 4.71. The van der Waals surface area contributed by atoms with Crippen LogP contribution in [0.3, 0.4) is 0 Å². The lowest BCUT2D eigenvalue weighted by Gasteiger charge is -2.31. The maximum absolute atomic E-state index is 12.8. The van der Waals surface area contributed by atoms with Crippen molar-refractivity contribution in [2.45, 2.75) is 40.2 Å². The van der Waals surface area contributed by atoms with Crippen molar-refractivity contribution < 1.29 is 0 Å². The average Bonchev–Trinajstić information content (AvgIpc) is 2.99. The first-order valence-electron chi connectivity index (χ1n) is 8.52. The zero-order chi connectivity index (χ0) is 17.6. The van der Waals surface area contributed by atoms with Gasteiger partial charge < -0.3 is 0 Å². The Balaban J connectivity index is 1.77. The van der Waals surface area contributed by atoms with Crippen molar-refractivity contribution in [2.75, 3.05) is 0 Å². The van der Waals surface area contributed by atoms with E-state index in [-0.39, 0.29) is 11.0 Å². The van der Waals surface area contributed by atoms with Crippen LogP contribution in [0.15, 0.2) is 34.4 Å². The fourth-order valence-electron chi connectivity index (χ4n) is 3.29. The van der Waals surface area contributed by atoms with E-state index in [1.165, 1.54) is 5.56 Å². The van der Waals surface area contributed by atoms with E-state index in [0.717, 1.165) is 41.2 Å². The fraction of sp³-hybridized carbons (Fsp3) is 0.333. The summed E-state index contributed by atoms with van der Waals surface area (Å²) in [5.74, 6) is 7.28. The lowest BCUT2D eigenvalue weighted by molar-refractivity contribution is 0.240. The quantitative estimate of drug-likeness (QED) is 0.572. The third-order valence-corrected chi connectivity index (χ3v) is 5.67. The van der Waals surface area contributed by atoms with Crippen molar-refractivity contribution in [3.8, 4) is 11.8 Å². The maximum Gasteiger partial charge on any atom is 0.261 e. The van der Waals surface area contributed by atoms with Crippen molar-refractivity contribution in [1.82, 2.24) is 9.55 Å². The Bertz CT molecular complexity index is 1090. The number of hydrogen-bond donors (Lipinski definition) is 0. The minimum Gasteiger partial charge on any atom is -0.296 e. The summed E-state index contributed by atoms with van der Waals surface area (Å²) < 4.78 is 1.85. The number of aryl methyl sites for hydroxylation is 2. The molecule has 0 fully saturated rings. The standard InChI is InChI=1S/C21H20N2OS/c1-14-10-16(25-12-14)6-4-15-5-7-17-18(11-15)22-19-8-9-21(2,3)13-23(19)20(17)24/h5,7,10-12H,8-9,13H2,1-3H3. The summed E-state index contributed by atoms with van der Waals surface area (Å²) >= 11 is 1.65. The Morgan fingerprint density at radius 1 is 1.24 bits per heavy atom. The molecule has 0 bridgehead atoms. The van der Waals surface area contributed by atoms with Gasteiger partial charge in [0.25, 0.3) is 5.56 Å². The van der Waals surface area contributed by atoms with Gasteiger partial charge in [-0.3, -0.25) is 9.36 Å². The summed E-state index contributed by atoms with van der Waals surface area (Å²) in [7, 11) is 0. The molecular formula is C21H20N2OS. The van der Waals surface area contributed by atoms with E-state index < -0.39 is 0 Å². The van der Waals surface area contributed by atoms with E-state index in [9.17, 15) is 4.79 Å². The normalized spacial score (nSPS) is 15.5. The molecule has 0 aliphatic carbocycles. The molecule has 0 atom stereocenters. The Kier molecular flexibility index (Phi) is 3.77. The van der Waals surface area contributed by atoms with Gasteiger partial charge >= 0.3 is 0 Å². The zero-order valence-corrected chi connectivity index (χ0v) is 15.5. The van der Waals surface area contributed by atoms with Gasteiger partial charge in [-0.25, -0.2) is 4.98 Å². The van der Waals surface area contributed by atoms with Crippen molar-refractivity contribution in [1.29, 1.82) is 0 Å². The summed E-state index contributed by atoms with van der Waals surface area (Å²) in [4.78, 5) is 18.7. The molecule has 0 saturated heterocycles. The second-order valence-electron chi connectivity index (χ2n) is 7.55. The molecule has 0 saturated carbocycles. The van der Waals surface area contributed by atoms with Crippen LogP contribution < -0.4 is 5.56 Å². The number of thiophene rings is 1. The number of hydrogen-bond acceptors (Lipinski definition) is 3. The van der Waals surface area contributed by atoms with Crippen LogP contribution in [0.1, 0.15) is 42.1 Å². The van der Waals surface area contributed by atoms with Crippen molar-refractivity contribution in [3.05, 3.63) is 61.8 Å². The van der Waals surface area contributed by atoms with Crippen LogP contribution in [0, 0.1) is 24.2 Å². The molecule has 3 aromatic rings. The van der Waals surface area contributed by atoms with E-state index in [2.05, 4.69) is 44.1 Å². The van der Waals surface area contributed by atoms with Crippen molar-refractivity contribution in [3.63, 3.8) is 0 Å². The van der Waals surface area contributed by atoms with Gasteiger partial charge in [0.1, 0.15) is 5.82 Å². The Hall–Kier alpha value is -2.38. The summed E-state index contributed by atoms with van der Waals surface area (Å²) in [5.41, 5.74) is 3.10. The maximum atomic E-state index is 12.8. The first-order valence-corrected chi connectivity index (χ1v) is 9.40. The Labute approximate surface area is 151 Å². The zero-order valence-electron chi connectivity index (χ0n) is 14.7. The van der Waals surface area contributed by atoms with E-state index in [1.807, 2.05) is 22.8 Å². The third kappa shape index (κ3) is 3.12. The van der Waals surface area contributed by atoms with Gasteiger partial charge in [-0.15, -0.1) is 11.3 Å². The molecule has 0 radical (unpaired) electrons. The lowest BCUT2D eigenvalue weighted by atomic mass is 9.85. The molecule has 0 unspecified atom stereocenters. The van der Waals surface area contributed by atoms with Gasteiger partial charge in [-0.05, 0) is 54.0 Å². The number of nitrogens with zero attached hydrogens (tertiary/aromatic N) is 2. The molecule has 0 amide bonds. The number of benzene rings is 1. The smallest absolute Gasteiger partial charge is 0.261 e. The molecule has 25 heavy (non-hydrogen) atoms. The number of aromatic nitrogens is 2. The molecule has 3 nitrogen and oxygen atoms in total. The molecule has 1 aliphatic rings. The van der Waals surface area contributed by atoms with Crippen molar-refractivity contribution in [2.24, 2.45) is 5.41 Å². The van der Waals surface area contributed by atoms with Gasteiger partial charge in [-0.2, -0.15) is 0 Å². The predicted molar refractivity (Wildman–Crippen MR) is 103 cm³/mol. The number of fused-ring (bicyclic) bond motifs is 2. The lowest BCUT2D eigenvalue weighted by Crippen LogP contribution is -2.36. The van der Waals surface area contributed by atoms with Gasteiger partial charge in [0.15, 0.2) is 0 Å². The number of rotatable bonds is 0. The van der Waals surface area contributed by atoms with Crippen molar-refractivity contribution >= 4 is 22.2 Å². The first kappa shape index (κ1) is 16.1. The predicted octanol–water partition coefficient (Wildman–Crippen LogP) is 4.14. The van der Waals surface area contributed by atoms with E-state index in [4.69, 9.17) is 4.98 Å². The van der Waals surface area contributed by atoms with Gasteiger partial charge in [0, 0.05) is 18.5 Å². The molecule has 0 spiro atoms. The SMILES string of the molecule is Cc1csc(C#Cc2ccc3c(=O)n4c(nc3c2)CCC(C)(C)C4)c1. The highest BCUT2D eigenvalue weighted by Gasteiger charge is 2.27. The van der Waals surface area contributed by atoms with Crippen LogP contribution >= 0.6 is 11.3 Å². The highest BCUT2D eigenvalue weighted by Crippen LogP contribution is 2.29. The van der Waals surface area contributed by atoms with Gasteiger partial charge in [0.2, 0.25) is 0 Å². The van der Waals surface area contributed by atoms with E-state index >= 15 is 0 Å². The molecule has 3 heterocycles. The topological polar surface area (TPSA) is 34.9 Å². The Morgan fingerprint density at radius 2 is 2.08 bits per heavy atom. The summed E-state index contributed by atoms with van der Waals surface area (Å²) in [5, 5.41) is 2.78. The fourth-order valence-corrected chi connectivity index (χ4v) is 4.03. The minimum atomic E-state index is 0.0705.